The van der Waals surface area contributed by atoms with Crippen molar-refractivity contribution < 1.29 is 9.53 Å². The summed E-state index contributed by atoms with van der Waals surface area (Å²) in [5.74, 6) is 0.469. The summed E-state index contributed by atoms with van der Waals surface area (Å²) in [4.78, 5) is 11.7. The summed E-state index contributed by atoms with van der Waals surface area (Å²) in [6.45, 7) is 6.04. The minimum Gasteiger partial charge on any atom is -0.484 e. The van der Waals surface area contributed by atoms with E-state index in [9.17, 15) is 4.79 Å². The molecular formula is C16H20N2O2. The smallest absolute Gasteiger partial charge is 0.277 e. The third kappa shape index (κ3) is 4.23. The van der Waals surface area contributed by atoms with Gasteiger partial charge in [0.25, 0.3) is 5.91 Å². The van der Waals surface area contributed by atoms with E-state index in [0.717, 1.165) is 29.7 Å². The summed E-state index contributed by atoms with van der Waals surface area (Å²) < 4.78 is 5.47. The van der Waals surface area contributed by atoms with E-state index in [0.29, 0.717) is 5.75 Å². The summed E-state index contributed by atoms with van der Waals surface area (Å²) >= 11 is 0. The first-order valence-electron chi connectivity index (χ1n) is 6.76. The van der Waals surface area contributed by atoms with E-state index in [2.05, 4.69) is 23.5 Å². The Morgan fingerprint density at radius 3 is 2.50 bits per heavy atom. The molecule has 0 atom stereocenters. The number of ether oxygens (including phenoxy) is 1. The first-order valence-corrected chi connectivity index (χ1v) is 6.76. The maximum atomic E-state index is 11.7. The highest BCUT2D eigenvalue weighted by Crippen LogP contribution is 2.16. The number of allylic oxidation sites excluding steroid dienone is 2. The van der Waals surface area contributed by atoms with Crippen molar-refractivity contribution in [1.82, 2.24) is 5.43 Å². The lowest BCUT2D eigenvalue weighted by atomic mass is 10.1. The van der Waals surface area contributed by atoms with Gasteiger partial charge in [-0.2, -0.15) is 5.10 Å². The Balaban J connectivity index is 1.83. The van der Waals surface area contributed by atoms with E-state index in [1.165, 1.54) is 5.57 Å². The van der Waals surface area contributed by atoms with Crippen molar-refractivity contribution in [2.75, 3.05) is 6.61 Å². The van der Waals surface area contributed by atoms with E-state index < -0.39 is 0 Å². The van der Waals surface area contributed by atoms with Crippen LogP contribution in [0.15, 0.2) is 34.9 Å². The average Bonchev–Trinajstić information content (AvgIpc) is 2.79. The highest BCUT2D eigenvalue weighted by Gasteiger charge is 2.08. The molecule has 0 saturated carbocycles. The van der Waals surface area contributed by atoms with Crippen LogP contribution in [0.4, 0.5) is 0 Å². The second kappa shape index (κ2) is 6.37. The zero-order valence-electron chi connectivity index (χ0n) is 12.2. The molecule has 0 spiro atoms. The normalized spacial score (nSPS) is 16.1. The molecular weight excluding hydrogens is 252 g/mol. The number of carbonyl (C=O) groups excluding carboxylic acids is 1. The quantitative estimate of drug-likeness (QED) is 0.857. The first kappa shape index (κ1) is 14.3. The van der Waals surface area contributed by atoms with Crippen molar-refractivity contribution in [3.8, 4) is 5.75 Å². The minimum absolute atomic E-state index is 0.0254. The van der Waals surface area contributed by atoms with Crippen molar-refractivity contribution >= 4 is 11.6 Å². The number of hydrogen-bond donors (Lipinski definition) is 1. The number of aryl methyl sites for hydroxylation is 2. The molecule has 0 aromatic heterocycles. The van der Waals surface area contributed by atoms with Crippen LogP contribution in [0.2, 0.25) is 0 Å². The molecule has 4 nitrogen and oxygen atoms in total. The Morgan fingerprint density at radius 2 is 1.90 bits per heavy atom. The Morgan fingerprint density at radius 1 is 1.20 bits per heavy atom. The van der Waals surface area contributed by atoms with Gasteiger partial charge in [-0.15, -0.1) is 0 Å². The van der Waals surface area contributed by atoms with Gasteiger partial charge in [-0.25, -0.2) is 5.43 Å². The van der Waals surface area contributed by atoms with Crippen molar-refractivity contribution in [2.24, 2.45) is 5.10 Å². The van der Waals surface area contributed by atoms with E-state index in [1.54, 1.807) is 0 Å². The van der Waals surface area contributed by atoms with Crippen LogP contribution in [0.3, 0.4) is 0 Å². The molecule has 0 aliphatic heterocycles. The second-order valence-electron chi connectivity index (χ2n) is 5.24. The molecule has 1 aromatic rings. The fraction of sp³-hybridized carbons (Fsp3) is 0.375. The van der Waals surface area contributed by atoms with Crippen LogP contribution < -0.4 is 10.2 Å². The molecule has 0 saturated heterocycles. The molecule has 106 valence electrons. The van der Waals surface area contributed by atoms with Crippen LogP contribution in [-0.2, 0) is 4.79 Å². The maximum Gasteiger partial charge on any atom is 0.277 e. The molecule has 0 heterocycles. The lowest BCUT2D eigenvalue weighted by molar-refractivity contribution is -0.123. The van der Waals surface area contributed by atoms with E-state index in [-0.39, 0.29) is 12.5 Å². The molecule has 0 radical (unpaired) electrons. The third-order valence-corrected chi connectivity index (χ3v) is 3.08. The van der Waals surface area contributed by atoms with Gasteiger partial charge in [0.05, 0.1) is 5.71 Å². The molecule has 0 unspecified atom stereocenters. The van der Waals surface area contributed by atoms with Crippen LogP contribution in [0.25, 0.3) is 0 Å². The van der Waals surface area contributed by atoms with Gasteiger partial charge in [0.2, 0.25) is 0 Å². The SMILES string of the molecule is CC1=C/C(=N/NC(=O)COc2cc(C)cc(C)c2)CC1. The molecule has 1 aromatic carbocycles. The molecule has 0 fully saturated rings. The fourth-order valence-electron chi connectivity index (χ4n) is 2.17. The van der Waals surface area contributed by atoms with Gasteiger partial charge in [-0.1, -0.05) is 11.6 Å². The highest BCUT2D eigenvalue weighted by atomic mass is 16.5. The van der Waals surface area contributed by atoms with E-state index in [1.807, 2.05) is 32.1 Å². The van der Waals surface area contributed by atoms with Gasteiger partial charge in [-0.05, 0) is 62.9 Å². The van der Waals surface area contributed by atoms with Crippen molar-refractivity contribution in [1.29, 1.82) is 0 Å². The fourth-order valence-corrected chi connectivity index (χ4v) is 2.17. The lowest BCUT2D eigenvalue weighted by Crippen LogP contribution is -2.25. The number of hydrazone groups is 1. The Labute approximate surface area is 119 Å². The Bertz CT molecular complexity index is 554. The molecule has 0 bridgehead atoms. The zero-order valence-corrected chi connectivity index (χ0v) is 12.2. The molecule has 1 N–H and O–H groups in total. The van der Waals surface area contributed by atoms with E-state index in [4.69, 9.17) is 4.74 Å². The van der Waals surface area contributed by atoms with Gasteiger partial charge in [0.1, 0.15) is 5.75 Å². The van der Waals surface area contributed by atoms with Gasteiger partial charge in [0, 0.05) is 0 Å². The number of carbonyl (C=O) groups is 1. The minimum atomic E-state index is -0.241. The van der Waals surface area contributed by atoms with Gasteiger partial charge >= 0.3 is 0 Å². The molecule has 1 amide bonds. The zero-order chi connectivity index (χ0) is 14.5. The van der Waals surface area contributed by atoms with Crippen LogP contribution >= 0.6 is 0 Å². The lowest BCUT2D eigenvalue weighted by Gasteiger charge is -2.07. The highest BCUT2D eigenvalue weighted by molar-refractivity contribution is 5.98. The number of benzene rings is 1. The largest absolute Gasteiger partial charge is 0.484 e. The molecule has 20 heavy (non-hydrogen) atoms. The standard InChI is InChI=1S/C16H20N2O2/c1-11-4-5-14(7-11)17-18-16(19)10-20-15-8-12(2)6-13(3)9-15/h6-9H,4-5,10H2,1-3H3,(H,18,19)/b17-14+. The van der Waals surface area contributed by atoms with Gasteiger partial charge < -0.3 is 4.74 Å². The van der Waals surface area contributed by atoms with Crippen molar-refractivity contribution in [2.45, 2.75) is 33.6 Å². The van der Waals surface area contributed by atoms with Crippen molar-refractivity contribution in [3.05, 3.63) is 41.0 Å². The molecule has 2 rings (SSSR count). The van der Waals surface area contributed by atoms with Crippen LogP contribution in [0.5, 0.6) is 5.75 Å². The Hall–Kier alpha value is -2.10. The monoisotopic (exact) mass is 272 g/mol. The number of amides is 1. The van der Waals surface area contributed by atoms with Crippen LogP contribution in [0.1, 0.15) is 30.9 Å². The average molecular weight is 272 g/mol. The maximum absolute atomic E-state index is 11.7. The molecule has 4 heteroatoms. The summed E-state index contributed by atoms with van der Waals surface area (Å²) in [6.07, 6.45) is 3.92. The Kier molecular flexibility index (Phi) is 4.56. The van der Waals surface area contributed by atoms with E-state index >= 15 is 0 Å². The molecule has 1 aliphatic rings. The van der Waals surface area contributed by atoms with Crippen LogP contribution in [-0.4, -0.2) is 18.2 Å². The second-order valence-corrected chi connectivity index (χ2v) is 5.24. The predicted molar refractivity (Wildman–Crippen MR) is 80.0 cm³/mol. The topological polar surface area (TPSA) is 50.7 Å². The first-order chi connectivity index (χ1) is 9.52. The summed E-state index contributed by atoms with van der Waals surface area (Å²) in [5.41, 5.74) is 6.97. The van der Waals surface area contributed by atoms with Gasteiger partial charge in [0.15, 0.2) is 6.61 Å². The number of rotatable bonds is 4. The number of nitrogens with one attached hydrogen (secondary N) is 1. The summed E-state index contributed by atoms with van der Waals surface area (Å²) in [7, 11) is 0. The number of hydrogen-bond acceptors (Lipinski definition) is 3. The predicted octanol–water partition coefficient (Wildman–Crippen LogP) is 2.89. The summed E-state index contributed by atoms with van der Waals surface area (Å²) in [5, 5.41) is 4.08. The van der Waals surface area contributed by atoms with Gasteiger partial charge in [-0.3, -0.25) is 4.79 Å². The van der Waals surface area contributed by atoms with Crippen LogP contribution in [0, 0.1) is 13.8 Å². The molecule has 1 aliphatic carbocycles. The third-order valence-electron chi connectivity index (χ3n) is 3.08. The number of nitrogens with zero attached hydrogens (tertiary/aromatic N) is 1. The summed E-state index contributed by atoms with van der Waals surface area (Å²) in [6, 6.07) is 5.89. The van der Waals surface area contributed by atoms with Crippen molar-refractivity contribution in [3.63, 3.8) is 0 Å².